The highest BCUT2D eigenvalue weighted by atomic mass is 35.5. The molecule has 5 rings (SSSR count). The molecule has 1 aliphatic rings. The summed E-state index contributed by atoms with van der Waals surface area (Å²) in [6.45, 7) is 6.20. The summed E-state index contributed by atoms with van der Waals surface area (Å²) in [6, 6.07) is 14.7. The highest BCUT2D eigenvalue weighted by molar-refractivity contribution is 6.43. The first-order valence-corrected chi connectivity index (χ1v) is 11.9. The monoisotopic (exact) mass is 498 g/mol. The predicted molar refractivity (Wildman–Crippen MR) is 135 cm³/mol. The number of benzene rings is 2. The molecule has 1 N–H and O–H groups in total. The Balaban J connectivity index is 1.56. The maximum atomic E-state index is 13.4. The summed E-state index contributed by atoms with van der Waals surface area (Å²) >= 11 is 12.5. The highest BCUT2D eigenvalue weighted by Crippen LogP contribution is 2.28. The second-order valence-electron chi connectivity index (χ2n) is 8.43. The number of aryl methyl sites for hydroxylation is 1. The lowest BCUT2D eigenvalue weighted by Gasteiger charge is -2.27. The Morgan fingerprint density at radius 1 is 0.971 bits per heavy atom. The summed E-state index contributed by atoms with van der Waals surface area (Å²) in [5, 5.41) is 4.07. The van der Waals surface area contributed by atoms with Crippen molar-refractivity contribution in [2.45, 2.75) is 20.0 Å². The van der Waals surface area contributed by atoms with Crippen molar-refractivity contribution in [2.24, 2.45) is 0 Å². The molecule has 176 valence electrons. The molecule has 1 fully saturated rings. The molecular formula is C25H24Cl2N4O3. The van der Waals surface area contributed by atoms with E-state index in [0.29, 0.717) is 33.9 Å². The lowest BCUT2D eigenvalue weighted by Crippen LogP contribution is -2.36. The minimum Gasteiger partial charge on any atom is -0.379 e. The second-order valence-corrected chi connectivity index (χ2v) is 9.21. The molecule has 34 heavy (non-hydrogen) atoms. The number of pyridine rings is 1. The van der Waals surface area contributed by atoms with Crippen LogP contribution in [0.25, 0.3) is 16.6 Å². The molecule has 0 amide bonds. The fourth-order valence-corrected chi connectivity index (χ4v) is 4.86. The minimum absolute atomic E-state index is 0.184. The van der Waals surface area contributed by atoms with Crippen LogP contribution in [0, 0.1) is 6.92 Å². The summed E-state index contributed by atoms with van der Waals surface area (Å²) < 4.78 is 8.45. The van der Waals surface area contributed by atoms with E-state index in [9.17, 15) is 9.59 Å². The first-order chi connectivity index (χ1) is 16.4. The molecule has 1 aliphatic heterocycles. The van der Waals surface area contributed by atoms with Crippen LogP contribution in [-0.2, 0) is 17.8 Å². The third-order valence-corrected chi connectivity index (χ3v) is 7.14. The number of H-pyrrole nitrogens is 1. The van der Waals surface area contributed by atoms with E-state index in [4.69, 9.17) is 27.9 Å². The Morgan fingerprint density at radius 2 is 1.68 bits per heavy atom. The Kier molecular flexibility index (Phi) is 6.36. The van der Waals surface area contributed by atoms with Gasteiger partial charge in [-0.2, -0.15) is 0 Å². The Labute approximate surface area is 206 Å². The summed E-state index contributed by atoms with van der Waals surface area (Å²) in [4.78, 5) is 28.8. The van der Waals surface area contributed by atoms with E-state index in [1.54, 1.807) is 29.7 Å². The van der Waals surface area contributed by atoms with Gasteiger partial charge in [0.05, 0.1) is 46.4 Å². The molecule has 0 unspecified atom stereocenters. The summed E-state index contributed by atoms with van der Waals surface area (Å²) in [6.07, 6.45) is 0. The number of rotatable bonds is 5. The average molecular weight is 499 g/mol. The maximum absolute atomic E-state index is 13.4. The Morgan fingerprint density at radius 3 is 2.41 bits per heavy atom. The predicted octanol–water partition coefficient (Wildman–Crippen LogP) is 3.98. The molecule has 0 spiro atoms. The van der Waals surface area contributed by atoms with E-state index < -0.39 is 0 Å². The van der Waals surface area contributed by atoms with Crippen molar-refractivity contribution in [2.75, 3.05) is 26.3 Å². The molecule has 3 heterocycles. The molecule has 0 aliphatic carbocycles. The van der Waals surface area contributed by atoms with Gasteiger partial charge in [-0.1, -0.05) is 53.5 Å². The van der Waals surface area contributed by atoms with Crippen molar-refractivity contribution < 1.29 is 4.74 Å². The van der Waals surface area contributed by atoms with Crippen LogP contribution in [0.2, 0.25) is 10.0 Å². The van der Waals surface area contributed by atoms with Gasteiger partial charge in [0, 0.05) is 31.4 Å². The first kappa shape index (κ1) is 22.9. The molecule has 1 saturated heterocycles. The SMILES string of the molecule is Cc1c2c(=O)n(-c3cccc(Cl)c3Cl)[nH]c2cc(=O)n1Cc1ccccc1CN1CCOCC1. The number of hydrogen-bond acceptors (Lipinski definition) is 4. The number of fused-ring (bicyclic) bond motifs is 1. The standard InChI is InChI=1S/C25H24Cl2N4O3/c1-16-23-20(28-31(25(23)33)21-8-4-7-19(26)24(21)27)13-22(32)30(16)15-18-6-3-2-5-17(18)14-29-9-11-34-12-10-29/h2-8,13,28H,9-12,14-15H2,1H3. The van der Waals surface area contributed by atoms with Crippen LogP contribution in [0.5, 0.6) is 0 Å². The number of aromatic nitrogens is 3. The van der Waals surface area contributed by atoms with Crippen LogP contribution < -0.4 is 11.1 Å². The van der Waals surface area contributed by atoms with E-state index in [0.717, 1.165) is 44.0 Å². The quantitative estimate of drug-likeness (QED) is 0.451. The van der Waals surface area contributed by atoms with Gasteiger partial charge in [-0.15, -0.1) is 0 Å². The summed E-state index contributed by atoms with van der Waals surface area (Å²) in [5.74, 6) is 0. The van der Waals surface area contributed by atoms with Crippen LogP contribution in [0.4, 0.5) is 0 Å². The van der Waals surface area contributed by atoms with Crippen LogP contribution in [0.15, 0.2) is 58.1 Å². The average Bonchev–Trinajstić information content (AvgIpc) is 3.16. The van der Waals surface area contributed by atoms with Crippen LogP contribution in [0.3, 0.4) is 0 Å². The van der Waals surface area contributed by atoms with Gasteiger partial charge in [-0.05, 0) is 30.2 Å². The first-order valence-electron chi connectivity index (χ1n) is 11.1. The van der Waals surface area contributed by atoms with Crippen molar-refractivity contribution in [1.82, 2.24) is 19.2 Å². The molecule has 0 radical (unpaired) electrons. The largest absolute Gasteiger partial charge is 0.379 e. The minimum atomic E-state index is -0.285. The van der Waals surface area contributed by atoms with Crippen molar-refractivity contribution >= 4 is 34.1 Å². The van der Waals surface area contributed by atoms with Gasteiger partial charge in [0.15, 0.2) is 0 Å². The van der Waals surface area contributed by atoms with Crippen LogP contribution in [-0.4, -0.2) is 45.6 Å². The lowest BCUT2D eigenvalue weighted by molar-refractivity contribution is 0.0340. The van der Waals surface area contributed by atoms with Crippen LogP contribution >= 0.6 is 23.2 Å². The third-order valence-electron chi connectivity index (χ3n) is 6.34. The number of hydrogen-bond donors (Lipinski definition) is 1. The van der Waals surface area contributed by atoms with E-state index in [-0.39, 0.29) is 16.1 Å². The lowest BCUT2D eigenvalue weighted by atomic mass is 10.1. The molecule has 7 nitrogen and oxygen atoms in total. The smallest absolute Gasteiger partial charge is 0.280 e. The van der Waals surface area contributed by atoms with Crippen LogP contribution in [0.1, 0.15) is 16.8 Å². The van der Waals surface area contributed by atoms with E-state index in [1.165, 1.54) is 10.7 Å². The van der Waals surface area contributed by atoms with Crippen molar-refractivity contribution in [1.29, 1.82) is 0 Å². The van der Waals surface area contributed by atoms with Gasteiger partial charge < -0.3 is 9.30 Å². The van der Waals surface area contributed by atoms with Gasteiger partial charge in [-0.25, -0.2) is 4.68 Å². The van der Waals surface area contributed by atoms with Crippen molar-refractivity contribution in [3.63, 3.8) is 0 Å². The summed E-state index contributed by atoms with van der Waals surface area (Å²) in [5.41, 5.74) is 3.23. The molecule has 4 aromatic rings. The van der Waals surface area contributed by atoms with Gasteiger partial charge in [0.25, 0.3) is 11.1 Å². The fourth-order valence-electron chi connectivity index (χ4n) is 4.48. The zero-order valence-corrected chi connectivity index (χ0v) is 20.2. The van der Waals surface area contributed by atoms with E-state index in [2.05, 4.69) is 16.1 Å². The second kappa shape index (κ2) is 9.43. The number of nitrogens with zero attached hydrogens (tertiary/aromatic N) is 3. The molecule has 2 aromatic carbocycles. The number of halogens is 2. The zero-order valence-electron chi connectivity index (χ0n) is 18.7. The maximum Gasteiger partial charge on any atom is 0.280 e. The van der Waals surface area contributed by atoms with Crippen molar-refractivity contribution in [3.8, 4) is 5.69 Å². The number of morpholine rings is 1. The summed E-state index contributed by atoms with van der Waals surface area (Å²) in [7, 11) is 0. The number of ether oxygens (including phenoxy) is 1. The zero-order chi connectivity index (χ0) is 23.8. The molecular weight excluding hydrogens is 475 g/mol. The normalized spacial score (nSPS) is 14.7. The molecule has 0 saturated carbocycles. The van der Waals surface area contributed by atoms with E-state index in [1.807, 2.05) is 18.2 Å². The van der Waals surface area contributed by atoms with Gasteiger partial charge in [0.2, 0.25) is 0 Å². The molecule has 2 aromatic heterocycles. The number of nitrogens with one attached hydrogen (secondary N) is 1. The topological polar surface area (TPSA) is 72.3 Å². The Hall–Kier alpha value is -2.84. The molecule has 9 heteroatoms. The number of aromatic amines is 1. The third kappa shape index (κ3) is 4.20. The van der Waals surface area contributed by atoms with Gasteiger partial charge in [0.1, 0.15) is 0 Å². The molecule has 0 atom stereocenters. The fraction of sp³-hybridized carbons (Fsp3) is 0.280. The highest BCUT2D eigenvalue weighted by Gasteiger charge is 2.19. The van der Waals surface area contributed by atoms with E-state index >= 15 is 0 Å². The Bertz CT molecular complexity index is 1480. The van der Waals surface area contributed by atoms with Gasteiger partial charge >= 0.3 is 0 Å². The molecule has 0 bridgehead atoms. The van der Waals surface area contributed by atoms with Crippen molar-refractivity contribution in [3.05, 3.63) is 96.1 Å². The van der Waals surface area contributed by atoms with Gasteiger partial charge in [-0.3, -0.25) is 19.6 Å².